The van der Waals surface area contributed by atoms with Gasteiger partial charge in [-0.15, -0.1) is 0 Å². The van der Waals surface area contributed by atoms with Gasteiger partial charge in [0.05, 0.1) is 5.69 Å². The van der Waals surface area contributed by atoms with Crippen LogP contribution in [0.15, 0.2) is 12.1 Å². The fourth-order valence-corrected chi connectivity index (χ4v) is 5.05. The van der Waals surface area contributed by atoms with Crippen LogP contribution in [0.5, 0.6) is 0 Å². The lowest BCUT2D eigenvalue weighted by Crippen LogP contribution is -2.46. The molecule has 0 radical (unpaired) electrons. The normalized spacial score (nSPS) is 28.9. The summed E-state index contributed by atoms with van der Waals surface area (Å²) < 4.78 is 40.6. The average Bonchev–Trinajstić information content (AvgIpc) is 3.13. The number of carbonyl (C=O) groups is 1. The van der Waals surface area contributed by atoms with Gasteiger partial charge in [0.2, 0.25) is 0 Å². The Labute approximate surface area is 156 Å². The Morgan fingerprint density at radius 2 is 1.89 bits per heavy atom. The molecule has 1 saturated carbocycles. The van der Waals surface area contributed by atoms with Crippen molar-refractivity contribution >= 4 is 11.6 Å². The zero-order valence-electron chi connectivity index (χ0n) is 15.6. The predicted molar refractivity (Wildman–Crippen MR) is 95.7 cm³/mol. The molecule has 1 amide bonds. The fourth-order valence-electron chi connectivity index (χ4n) is 5.05. The molecule has 5 rings (SSSR count). The summed E-state index contributed by atoms with van der Waals surface area (Å²) in [6.07, 6.45) is -0.351. The van der Waals surface area contributed by atoms with E-state index in [4.69, 9.17) is 0 Å². The maximum atomic E-state index is 13.5. The van der Waals surface area contributed by atoms with Crippen molar-refractivity contribution < 1.29 is 18.0 Å². The summed E-state index contributed by atoms with van der Waals surface area (Å²) in [5.74, 6) is -0.618. The highest BCUT2D eigenvalue weighted by Gasteiger charge is 2.53. The third-order valence-electron chi connectivity index (χ3n) is 6.37. The lowest BCUT2D eigenvalue weighted by Gasteiger charge is -2.40. The molecule has 8 heteroatoms. The van der Waals surface area contributed by atoms with Gasteiger partial charge >= 0.3 is 6.18 Å². The van der Waals surface area contributed by atoms with E-state index in [2.05, 4.69) is 22.1 Å². The Kier molecular flexibility index (Phi) is 4.36. The van der Waals surface area contributed by atoms with Crippen LogP contribution in [0.4, 0.5) is 18.9 Å². The number of hydrogen-bond acceptors (Lipinski definition) is 4. The molecular formula is C19H25F3N4O. The van der Waals surface area contributed by atoms with Crippen molar-refractivity contribution in [2.75, 3.05) is 31.6 Å². The Morgan fingerprint density at radius 3 is 2.41 bits per heavy atom. The molecule has 0 aromatic carbocycles. The SMILES string of the molecule is CNC(=O)c1ccc(N2CCC(N3CC4(C)CC3C4)CC2)c(C(F)(F)F)n1. The number of hydrogen-bond donors (Lipinski definition) is 1. The zero-order chi connectivity index (χ0) is 19.4. The average molecular weight is 382 g/mol. The molecule has 27 heavy (non-hydrogen) atoms. The lowest BCUT2D eigenvalue weighted by atomic mass is 9.72. The number of piperidine rings is 1. The molecule has 0 spiro atoms. The minimum absolute atomic E-state index is 0.0753. The van der Waals surface area contributed by atoms with Crippen LogP contribution < -0.4 is 10.2 Å². The summed E-state index contributed by atoms with van der Waals surface area (Å²) in [5.41, 5.74) is -0.650. The van der Waals surface area contributed by atoms with E-state index in [0.29, 0.717) is 30.6 Å². The van der Waals surface area contributed by atoms with Gasteiger partial charge in [-0.3, -0.25) is 9.69 Å². The van der Waals surface area contributed by atoms with Gasteiger partial charge < -0.3 is 10.2 Å². The zero-order valence-corrected chi connectivity index (χ0v) is 15.6. The number of anilines is 1. The van der Waals surface area contributed by atoms with Crippen LogP contribution in [0, 0.1) is 5.41 Å². The molecule has 0 atom stereocenters. The number of rotatable bonds is 3. The first-order valence-corrected chi connectivity index (χ1v) is 9.51. The fraction of sp³-hybridized carbons (Fsp3) is 0.684. The summed E-state index contributed by atoms with van der Waals surface area (Å²) in [7, 11) is 1.37. The number of alkyl halides is 3. The molecule has 4 aliphatic rings. The molecule has 148 valence electrons. The number of carbonyl (C=O) groups excluding carboxylic acids is 1. The van der Waals surface area contributed by atoms with Gasteiger partial charge in [0.25, 0.3) is 5.91 Å². The second-order valence-electron chi connectivity index (χ2n) is 8.40. The lowest BCUT2D eigenvalue weighted by molar-refractivity contribution is -0.140. The van der Waals surface area contributed by atoms with Gasteiger partial charge in [-0.2, -0.15) is 13.2 Å². The van der Waals surface area contributed by atoms with Crippen molar-refractivity contribution in [1.82, 2.24) is 15.2 Å². The molecule has 1 aromatic rings. The Bertz CT molecular complexity index is 737. The molecule has 4 heterocycles. The van der Waals surface area contributed by atoms with Gasteiger partial charge in [-0.25, -0.2) is 4.98 Å². The number of pyridine rings is 1. The van der Waals surface area contributed by atoms with Crippen LogP contribution in [0.2, 0.25) is 0 Å². The topological polar surface area (TPSA) is 48.5 Å². The second-order valence-corrected chi connectivity index (χ2v) is 8.40. The van der Waals surface area contributed by atoms with Crippen LogP contribution in [0.3, 0.4) is 0 Å². The Hall–Kier alpha value is -1.83. The van der Waals surface area contributed by atoms with Gasteiger partial charge in [-0.05, 0) is 43.2 Å². The van der Waals surface area contributed by atoms with Gasteiger partial charge in [0, 0.05) is 38.8 Å². The Morgan fingerprint density at radius 1 is 1.22 bits per heavy atom. The molecule has 1 aromatic heterocycles. The van der Waals surface area contributed by atoms with E-state index in [9.17, 15) is 18.0 Å². The summed E-state index contributed by atoms with van der Waals surface area (Å²) >= 11 is 0. The molecule has 2 bridgehead atoms. The summed E-state index contributed by atoms with van der Waals surface area (Å²) in [4.78, 5) is 19.6. The number of nitrogens with one attached hydrogen (secondary N) is 1. The van der Waals surface area contributed by atoms with E-state index in [-0.39, 0.29) is 11.4 Å². The highest BCUT2D eigenvalue weighted by Crippen LogP contribution is 2.52. The first-order chi connectivity index (χ1) is 12.7. The predicted octanol–water partition coefficient (Wildman–Crippen LogP) is 2.91. The first kappa shape index (κ1) is 18.5. The van der Waals surface area contributed by atoms with E-state index in [1.54, 1.807) is 4.90 Å². The van der Waals surface area contributed by atoms with Crippen molar-refractivity contribution in [2.45, 2.75) is 50.9 Å². The maximum absolute atomic E-state index is 13.5. The van der Waals surface area contributed by atoms with Crippen molar-refractivity contribution in [3.05, 3.63) is 23.5 Å². The molecule has 1 aliphatic carbocycles. The molecule has 5 nitrogen and oxygen atoms in total. The van der Waals surface area contributed by atoms with Crippen molar-refractivity contribution in [3.63, 3.8) is 0 Å². The number of amides is 1. The van der Waals surface area contributed by atoms with Crippen LogP contribution in [-0.2, 0) is 6.18 Å². The monoisotopic (exact) mass is 382 g/mol. The summed E-state index contributed by atoms with van der Waals surface area (Å²) in [5, 5.41) is 2.32. The van der Waals surface area contributed by atoms with Crippen LogP contribution >= 0.6 is 0 Å². The largest absolute Gasteiger partial charge is 0.435 e. The number of aromatic nitrogens is 1. The second kappa shape index (κ2) is 6.36. The van der Waals surface area contributed by atoms with Crippen molar-refractivity contribution in [1.29, 1.82) is 0 Å². The van der Waals surface area contributed by atoms with Crippen molar-refractivity contribution in [3.8, 4) is 0 Å². The maximum Gasteiger partial charge on any atom is 0.435 e. The quantitative estimate of drug-likeness (QED) is 0.873. The molecule has 3 saturated heterocycles. The highest BCUT2D eigenvalue weighted by atomic mass is 19.4. The summed E-state index contributed by atoms with van der Waals surface area (Å²) in [6.45, 7) is 4.61. The number of fused-ring (bicyclic) bond motifs is 1. The standard InChI is InChI=1S/C19H25F3N4O/c1-18-9-13(10-18)26(11-18)12-5-7-25(8-6-12)15-4-3-14(17(27)23-2)24-16(15)19(20,21)22/h3-4,12-13H,5-11H2,1-2H3,(H,23,27). The van der Waals surface area contributed by atoms with Crippen LogP contribution in [0.25, 0.3) is 0 Å². The highest BCUT2D eigenvalue weighted by molar-refractivity contribution is 5.92. The molecular weight excluding hydrogens is 357 g/mol. The van der Waals surface area contributed by atoms with Gasteiger partial charge in [-0.1, -0.05) is 6.92 Å². The molecule has 1 N–H and O–H groups in total. The van der Waals surface area contributed by atoms with E-state index >= 15 is 0 Å². The number of nitrogens with zero attached hydrogens (tertiary/aromatic N) is 3. The molecule has 4 fully saturated rings. The third-order valence-corrected chi connectivity index (χ3v) is 6.37. The minimum Gasteiger partial charge on any atom is -0.370 e. The Balaban J connectivity index is 1.50. The first-order valence-electron chi connectivity index (χ1n) is 9.51. The molecule has 3 aliphatic heterocycles. The van der Waals surface area contributed by atoms with E-state index in [1.165, 1.54) is 32.0 Å². The van der Waals surface area contributed by atoms with Crippen molar-refractivity contribution in [2.24, 2.45) is 5.41 Å². The third kappa shape index (κ3) is 3.28. The van der Waals surface area contributed by atoms with Gasteiger partial charge in [0.1, 0.15) is 5.69 Å². The van der Waals surface area contributed by atoms with E-state index in [0.717, 1.165) is 19.4 Å². The minimum atomic E-state index is -4.60. The van der Waals surface area contributed by atoms with E-state index < -0.39 is 17.8 Å². The van der Waals surface area contributed by atoms with Gasteiger partial charge in [0.15, 0.2) is 5.69 Å². The molecule has 0 unspecified atom stereocenters. The van der Waals surface area contributed by atoms with E-state index in [1.807, 2.05) is 0 Å². The van der Waals surface area contributed by atoms with Crippen LogP contribution in [-0.4, -0.2) is 54.6 Å². The van der Waals surface area contributed by atoms with Crippen LogP contribution in [0.1, 0.15) is 48.8 Å². The number of halogens is 3. The smallest absolute Gasteiger partial charge is 0.370 e. The summed E-state index contributed by atoms with van der Waals surface area (Å²) in [6, 6.07) is 3.88.